The molecule has 0 aromatic carbocycles. The Bertz CT molecular complexity index is 1600. The largest absolute Gasteiger partial charge is 0.472 e. The monoisotopic (exact) mass is 1190 g/mol. The lowest BCUT2D eigenvalue weighted by Gasteiger charge is -2.27. The summed E-state index contributed by atoms with van der Waals surface area (Å²) in [4.78, 5) is 37.9. The SMILES string of the molecule is CCCCC/C=C\C/C=C\C/C=C\C/C=C\CCCCCC(=O)NC(COP(=O)(O)OCC[N+](C)(C)C)C(/C=C\CCCCCCCCCCCCC)OC(=O)CCCCCCCCCCCCCCCCCCCCCCCCCCC. The molecule has 3 atom stereocenters. The molecule has 0 aliphatic heterocycles. The van der Waals surface area contributed by atoms with Gasteiger partial charge in [0.05, 0.1) is 33.8 Å². The molecule has 0 aromatic rings. The zero-order chi connectivity index (χ0) is 60.7. The summed E-state index contributed by atoms with van der Waals surface area (Å²) in [5.74, 6) is -0.527. The number of hydrogen-bond donors (Lipinski definition) is 2. The molecule has 0 saturated heterocycles. The molecule has 0 bridgehead atoms. The van der Waals surface area contributed by atoms with Gasteiger partial charge in [-0.3, -0.25) is 18.6 Å². The van der Waals surface area contributed by atoms with E-state index in [1.807, 2.05) is 33.3 Å². The molecule has 0 aliphatic carbocycles. The third-order valence-electron chi connectivity index (χ3n) is 16.0. The van der Waals surface area contributed by atoms with E-state index in [-0.39, 0.29) is 31.5 Å². The zero-order valence-corrected chi connectivity index (χ0v) is 56.6. The summed E-state index contributed by atoms with van der Waals surface area (Å²) < 4.78 is 30.8. The number of rotatable bonds is 65. The lowest BCUT2D eigenvalue weighted by atomic mass is 10.0. The molecule has 2 N–H and O–H groups in total. The van der Waals surface area contributed by atoms with Crippen molar-refractivity contribution in [2.75, 3.05) is 40.9 Å². The highest BCUT2D eigenvalue weighted by Gasteiger charge is 2.30. The van der Waals surface area contributed by atoms with Gasteiger partial charge < -0.3 is 19.4 Å². The van der Waals surface area contributed by atoms with E-state index in [0.29, 0.717) is 23.9 Å². The number of nitrogens with zero attached hydrogens (tertiary/aromatic N) is 1. The number of carbonyl (C=O) groups excluding carboxylic acids is 2. The molecular weight excluding hydrogens is 1050 g/mol. The van der Waals surface area contributed by atoms with Crippen LogP contribution in [0.5, 0.6) is 0 Å². The summed E-state index contributed by atoms with van der Waals surface area (Å²) in [6, 6.07) is -0.866. The van der Waals surface area contributed by atoms with E-state index >= 15 is 0 Å². The number of hydrogen-bond acceptors (Lipinski definition) is 6. The molecule has 3 unspecified atom stereocenters. The number of phosphoric acid groups is 1. The molecule has 0 spiro atoms. The second-order valence-electron chi connectivity index (χ2n) is 25.4. The van der Waals surface area contributed by atoms with Crippen LogP contribution in [0.25, 0.3) is 0 Å². The van der Waals surface area contributed by atoms with Crippen LogP contribution >= 0.6 is 7.82 Å². The van der Waals surface area contributed by atoms with Gasteiger partial charge >= 0.3 is 13.8 Å². The number of unbranched alkanes of at least 4 members (excludes halogenated alkanes) is 41. The maximum absolute atomic E-state index is 13.6. The Labute approximate surface area is 515 Å². The van der Waals surface area contributed by atoms with E-state index in [9.17, 15) is 19.0 Å². The van der Waals surface area contributed by atoms with Crippen LogP contribution in [-0.2, 0) is 27.9 Å². The molecule has 0 radical (unpaired) electrons. The molecule has 0 aliphatic rings. The van der Waals surface area contributed by atoms with Crippen LogP contribution in [0.2, 0.25) is 0 Å². The zero-order valence-electron chi connectivity index (χ0n) is 55.7. The van der Waals surface area contributed by atoms with Crippen LogP contribution in [0.4, 0.5) is 0 Å². The molecule has 10 heteroatoms. The van der Waals surface area contributed by atoms with Crippen molar-refractivity contribution in [1.29, 1.82) is 0 Å². The van der Waals surface area contributed by atoms with Gasteiger partial charge in [-0.05, 0) is 76.7 Å². The number of quaternary nitrogens is 1. The number of allylic oxidation sites excluding steroid dienone is 9. The van der Waals surface area contributed by atoms with Gasteiger partial charge in [-0.1, -0.05) is 313 Å². The fraction of sp³-hybridized carbons (Fsp3) is 0.836. The van der Waals surface area contributed by atoms with Crippen LogP contribution in [0.1, 0.15) is 342 Å². The Balaban J connectivity index is 5.12. The number of likely N-dealkylation sites (N-methyl/N-ethyl adjacent to an activating group) is 1. The number of phosphoric ester groups is 1. The molecule has 0 fully saturated rings. The fourth-order valence-electron chi connectivity index (χ4n) is 10.5. The molecule has 0 heterocycles. The summed E-state index contributed by atoms with van der Waals surface area (Å²) >= 11 is 0. The van der Waals surface area contributed by atoms with Gasteiger partial charge in [0.15, 0.2) is 0 Å². The van der Waals surface area contributed by atoms with Crippen LogP contribution in [0.3, 0.4) is 0 Å². The van der Waals surface area contributed by atoms with Gasteiger partial charge in [0.1, 0.15) is 19.3 Å². The highest BCUT2D eigenvalue weighted by atomic mass is 31.2. The first-order chi connectivity index (χ1) is 40.4. The molecular formula is C73H138N2O7P+. The first-order valence-electron chi connectivity index (χ1n) is 35.6. The molecule has 0 aromatic heterocycles. The maximum atomic E-state index is 13.6. The van der Waals surface area contributed by atoms with Crippen molar-refractivity contribution in [3.05, 3.63) is 60.8 Å². The smallest absolute Gasteiger partial charge is 0.456 e. The summed E-state index contributed by atoms with van der Waals surface area (Å²) in [5, 5.41) is 3.05. The minimum atomic E-state index is -4.46. The Kier molecular flexibility index (Phi) is 61.0. The maximum Gasteiger partial charge on any atom is 0.472 e. The van der Waals surface area contributed by atoms with Crippen molar-refractivity contribution in [2.24, 2.45) is 0 Å². The number of amides is 1. The van der Waals surface area contributed by atoms with Crippen molar-refractivity contribution in [3.8, 4) is 0 Å². The molecule has 9 nitrogen and oxygen atoms in total. The summed E-state index contributed by atoms with van der Waals surface area (Å²) in [6.45, 7) is 7.01. The van der Waals surface area contributed by atoms with E-state index < -0.39 is 20.0 Å². The van der Waals surface area contributed by atoms with Gasteiger partial charge in [0, 0.05) is 12.8 Å². The van der Waals surface area contributed by atoms with Crippen molar-refractivity contribution < 1.29 is 37.3 Å². The van der Waals surface area contributed by atoms with Gasteiger partial charge in [0.25, 0.3) is 0 Å². The van der Waals surface area contributed by atoms with E-state index in [1.54, 1.807) is 0 Å². The van der Waals surface area contributed by atoms with Crippen molar-refractivity contribution in [2.45, 2.75) is 354 Å². The Morgan fingerprint density at radius 2 is 0.735 bits per heavy atom. The number of carbonyl (C=O) groups is 2. The van der Waals surface area contributed by atoms with Gasteiger partial charge in [0.2, 0.25) is 5.91 Å². The van der Waals surface area contributed by atoms with Gasteiger partial charge in [-0.15, -0.1) is 0 Å². The highest BCUT2D eigenvalue weighted by molar-refractivity contribution is 7.47. The predicted octanol–water partition coefficient (Wildman–Crippen LogP) is 22.6. The van der Waals surface area contributed by atoms with Crippen LogP contribution in [0, 0.1) is 0 Å². The second-order valence-corrected chi connectivity index (χ2v) is 26.9. The molecule has 83 heavy (non-hydrogen) atoms. The first-order valence-corrected chi connectivity index (χ1v) is 37.1. The Morgan fingerprint density at radius 3 is 1.13 bits per heavy atom. The average Bonchev–Trinajstić information content (AvgIpc) is 3.47. The topological polar surface area (TPSA) is 111 Å². The average molecular weight is 1190 g/mol. The lowest BCUT2D eigenvalue weighted by molar-refractivity contribution is -0.870. The molecule has 486 valence electrons. The molecule has 0 saturated carbocycles. The standard InChI is InChI=1S/C73H137N2O7P/c1-7-10-13-16-19-22-25-28-30-32-34-35-36-37-38-39-41-43-45-48-51-54-57-60-63-66-73(77)82-71(64-61-58-55-52-49-46-27-24-21-18-15-12-9-3)70(69-81-83(78,79)80-68-67-75(4,5)6)74-72(76)65-62-59-56-53-50-47-44-42-40-33-31-29-26-23-20-17-14-11-8-2/h20,23,29,31,40,42,47,50,61,64,70-71H,7-19,21-22,24-28,30,32-39,41,43-46,48-49,51-60,62-63,65-69H2,1-6H3,(H-,74,76,78,79)/p+1/b23-20-,31-29-,42-40-,50-47-,64-61-. The Morgan fingerprint density at radius 1 is 0.422 bits per heavy atom. The van der Waals surface area contributed by atoms with Gasteiger partial charge in [-0.25, -0.2) is 4.57 Å². The van der Waals surface area contributed by atoms with E-state index in [4.69, 9.17) is 13.8 Å². The second kappa shape index (κ2) is 62.8. The third-order valence-corrected chi connectivity index (χ3v) is 16.9. The Hall–Kier alpha value is -2.29. The number of ether oxygens (including phenoxy) is 1. The summed E-state index contributed by atoms with van der Waals surface area (Å²) in [5.41, 5.74) is 0. The lowest BCUT2D eigenvalue weighted by Crippen LogP contribution is -2.47. The van der Waals surface area contributed by atoms with Crippen molar-refractivity contribution in [3.63, 3.8) is 0 Å². The predicted molar refractivity (Wildman–Crippen MR) is 360 cm³/mol. The third kappa shape index (κ3) is 64.0. The molecule has 0 rings (SSSR count). The van der Waals surface area contributed by atoms with Crippen molar-refractivity contribution in [1.82, 2.24) is 5.32 Å². The van der Waals surface area contributed by atoms with E-state index in [0.717, 1.165) is 77.0 Å². The number of nitrogens with one attached hydrogen (secondary N) is 1. The number of esters is 1. The van der Waals surface area contributed by atoms with Crippen molar-refractivity contribution >= 4 is 19.7 Å². The minimum absolute atomic E-state index is 0.0340. The van der Waals surface area contributed by atoms with Crippen LogP contribution in [0.15, 0.2) is 60.8 Å². The summed E-state index contributed by atoms with van der Waals surface area (Å²) in [6.07, 6.45) is 81.0. The molecule has 1 amide bonds. The quantitative estimate of drug-likeness (QED) is 0.0205. The summed E-state index contributed by atoms with van der Waals surface area (Å²) in [7, 11) is 1.48. The first kappa shape index (κ1) is 80.7. The van der Waals surface area contributed by atoms with Crippen LogP contribution < -0.4 is 5.32 Å². The van der Waals surface area contributed by atoms with Gasteiger partial charge in [-0.2, -0.15) is 0 Å². The highest BCUT2D eigenvalue weighted by Crippen LogP contribution is 2.43. The normalized spacial score (nSPS) is 13.9. The fourth-order valence-corrected chi connectivity index (χ4v) is 11.2. The van der Waals surface area contributed by atoms with E-state index in [1.165, 1.54) is 225 Å². The van der Waals surface area contributed by atoms with Crippen LogP contribution in [-0.4, -0.2) is 74.3 Å². The minimum Gasteiger partial charge on any atom is -0.456 e. The van der Waals surface area contributed by atoms with E-state index in [2.05, 4.69) is 74.7 Å².